The lowest BCUT2D eigenvalue weighted by molar-refractivity contribution is -0.134. The van der Waals surface area contributed by atoms with E-state index in [2.05, 4.69) is 12.2 Å². The number of unbranched alkanes of at least 4 members (excludes halogenated alkanes) is 1. The van der Waals surface area contributed by atoms with E-state index in [0.717, 1.165) is 31.2 Å². The van der Waals surface area contributed by atoms with E-state index < -0.39 is 0 Å². The van der Waals surface area contributed by atoms with Crippen LogP contribution < -0.4 is 5.32 Å². The summed E-state index contributed by atoms with van der Waals surface area (Å²) in [5.74, 6) is -0.105. The first kappa shape index (κ1) is 19.5. The van der Waals surface area contributed by atoms with Crippen LogP contribution in [-0.2, 0) is 9.59 Å². The normalized spacial score (nSPS) is 20.7. The van der Waals surface area contributed by atoms with Gasteiger partial charge in [-0.3, -0.25) is 9.59 Å². The minimum Gasteiger partial charge on any atom is -0.356 e. The number of rotatable bonds is 6. The average Bonchev–Trinajstić information content (AvgIpc) is 2.60. The molecule has 5 heteroatoms. The molecule has 2 unspecified atom stereocenters. The van der Waals surface area contributed by atoms with E-state index in [1.54, 1.807) is 23.1 Å². The van der Waals surface area contributed by atoms with E-state index in [4.69, 9.17) is 11.6 Å². The summed E-state index contributed by atoms with van der Waals surface area (Å²) < 4.78 is 0. The fraction of sp³-hybridized carbons (Fsp3) is 0.500. The summed E-state index contributed by atoms with van der Waals surface area (Å²) in [5, 5.41) is 3.63. The van der Waals surface area contributed by atoms with Gasteiger partial charge in [-0.2, -0.15) is 0 Å². The highest BCUT2D eigenvalue weighted by Crippen LogP contribution is 2.23. The molecular formula is C20H27ClN2O2. The highest BCUT2D eigenvalue weighted by molar-refractivity contribution is 6.30. The van der Waals surface area contributed by atoms with Crippen LogP contribution in [-0.4, -0.2) is 35.8 Å². The van der Waals surface area contributed by atoms with Crippen molar-refractivity contribution in [1.82, 2.24) is 10.2 Å². The molecule has 1 aliphatic rings. The van der Waals surface area contributed by atoms with Crippen LogP contribution in [0.1, 0.15) is 45.1 Å². The molecule has 25 heavy (non-hydrogen) atoms. The zero-order chi connectivity index (χ0) is 18.2. The monoisotopic (exact) mass is 362 g/mol. The number of nitrogens with one attached hydrogen (secondary N) is 1. The molecule has 0 radical (unpaired) electrons. The van der Waals surface area contributed by atoms with Gasteiger partial charge in [0.25, 0.3) is 0 Å². The topological polar surface area (TPSA) is 49.4 Å². The van der Waals surface area contributed by atoms with Crippen LogP contribution in [0.2, 0.25) is 5.02 Å². The molecule has 4 nitrogen and oxygen atoms in total. The maximum Gasteiger partial charge on any atom is 0.246 e. The second-order valence-electron chi connectivity index (χ2n) is 6.65. The van der Waals surface area contributed by atoms with Gasteiger partial charge >= 0.3 is 0 Å². The molecule has 1 aromatic rings. The molecule has 0 aliphatic carbocycles. The van der Waals surface area contributed by atoms with Gasteiger partial charge in [-0.05, 0) is 50.0 Å². The number of amides is 2. The van der Waals surface area contributed by atoms with Crippen molar-refractivity contribution < 1.29 is 9.59 Å². The van der Waals surface area contributed by atoms with Crippen LogP contribution >= 0.6 is 11.6 Å². The number of hydrogen-bond donors (Lipinski definition) is 1. The smallest absolute Gasteiger partial charge is 0.246 e. The number of piperidine rings is 1. The van der Waals surface area contributed by atoms with E-state index >= 15 is 0 Å². The lowest BCUT2D eigenvalue weighted by Crippen LogP contribution is -2.49. The molecule has 0 aromatic heterocycles. The van der Waals surface area contributed by atoms with Crippen LogP contribution in [0.5, 0.6) is 0 Å². The predicted molar refractivity (Wildman–Crippen MR) is 102 cm³/mol. The Kier molecular flexibility index (Phi) is 7.51. The number of hydrogen-bond acceptors (Lipinski definition) is 2. The summed E-state index contributed by atoms with van der Waals surface area (Å²) in [4.78, 5) is 26.7. The molecule has 1 aromatic carbocycles. The first-order chi connectivity index (χ1) is 12.0. The fourth-order valence-corrected chi connectivity index (χ4v) is 3.23. The van der Waals surface area contributed by atoms with Gasteiger partial charge in [0.2, 0.25) is 11.8 Å². The number of carbonyl (C=O) groups excluding carboxylic acids is 2. The average molecular weight is 363 g/mol. The van der Waals surface area contributed by atoms with E-state index in [9.17, 15) is 9.59 Å². The second-order valence-corrected chi connectivity index (χ2v) is 7.08. The molecule has 2 rings (SSSR count). The number of halogens is 1. The van der Waals surface area contributed by atoms with Gasteiger partial charge in [-0.15, -0.1) is 0 Å². The Morgan fingerprint density at radius 1 is 1.36 bits per heavy atom. The summed E-state index contributed by atoms with van der Waals surface area (Å²) in [5.41, 5.74) is 0.888. The van der Waals surface area contributed by atoms with Crippen molar-refractivity contribution in [3.63, 3.8) is 0 Å². The first-order valence-corrected chi connectivity index (χ1v) is 9.41. The van der Waals surface area contributed by atoms with E-state index in [1.165, 1.54) is 0 Å². The van der Waals surface area contributed by atoms with Gasteiger partial charge in [0.05, 0.1) is 5.92 Å². The zero-order valence-electron chi connectivity index (χ0n) is 15.0. The summed E-state index contributed by atoms with van der Waals surface area (Å²) in [7, 11) is 0. The number of carbonyl (C=O) groups is 2. The SMILES string of the molecule is CCCCNC(=O)C1CCC(C)N(C(=O)/C=C/c2cccc(Cl)c2)C1. The van der Waals surface area contributed by atoms with Gasteiger partial charge < -0.3 is 10.2 Å². The quantitative estimate of drug-likeness (QED) is 0.616. The molecule has 2 atom stereocenters. The Hall–Kier alpha value is -1.81. The van der Waals surface area contributed by atoms with Crippen LogP contribution in [0.25, 0.3) is 6.08 Å². The molecule has 1 N–H and O–H groups in total. The highest BCUT2D eigenvalue weighted by Gasteiger charge is 2.31. The molecule has 1 fully saturated rings. The lowest BCUT2D eigenvalue weighted by Gasteiger charge is -2.36. The molecule has 0 saturated carbocycles. The largest absolute Gasteiger partial charge is 0.356 e. The minimum atomic E-state index is -0.114. The Labute approximate surface area is 155 Å². The van der Waals surface area contributed by atoms with Crippen LogP contribution in [0.15, 0.2) is 30.3 Å². The minimum absolute atomic E-state index is 0.0569. The maximum absolute atomic E-state index is 12.6. The van der Waals surface area contributed by atoms with Gasteiger partial charge in [-0.1, -0.05) is 37.1 Å². The zero-order valence-corrected chi connectivity index (χ0v) is 15.8. The highest BCUT2D eigenvalue weighted by atomic mass is 35.5. The Balaban J connectivity index is 1.96. The second kappa shape index (κ2) is 9.62. The standard InChI is InChI=1S/C20H27ClN2O2/c1-3-4-12-22-20(25)17-10-8-15(2)23(14-17)19(24)11-9-16-6-5-7-18(21)13-16/h5-7,9,11,13,15,17H,3-4,8,10,12,14H2,1-2H3,(H,22,25)/b11-9+. The van der Waals surface area contributed by atoms with Gasteiger partial charge in [0, 0.05) is 30.2 Å². The van der Waals surface area contributed by atoms with E-state index in [0.29, 0.717) is 18.1 Å². The summed E-state index contributed by atoms with van der Waals surface area (Å²) >= 11 is 5.96. The predicted octanol–water partition coefficient (Wildman–Crippen LogP) is 3.90. The lowest BCUT2D eigenvalue weighted by atomic mass is 9.92. The summed E-state index contributed by atoms with van der Waals surface area (Å²) in [6.45, 7) is 5.33. The van der Waals surface area contributed by atoms with E-state index in [1.807, 2.05) is 25.1 Å². The molecular weight excluding hydrogens is 336 g/mol. The maximum atomic E-state index is 12.6. The third-order valence-corrected chi connectivity index (χ3v) is 4.87. The number of benzene rings is 1. The first-order valence-electron chi connectivity index (χ1n) is 9.03. The molecule has 1 aliphatic heterocycles. The Bertz CT molecular complexity index is 630. The summed E-state index contributed by atoms with van der Waals surface area (Å²) in [6.07, 6.45) is 7.07. The Morgan fingerprint density at radius 3 is 2.88 bits per heavy atom. The third-order valence-electron chi connectivity index (χ3n) is 4.63. The van der Waals surface area contributed by atoms with Crippen LogP contribution in [0.3, 0.4) is 0 Å². The molecule has 1 heterocycles. The summed E-state index contributed by atoms with van der Waals surface area (Å²) in [6, 6.07) is 7.52. The Morgan fingerprint density at radius 2 is 2.16 bits per heavy atom. The molecule has 2 amide bonds. The van der Waals surface area contributed by atoms with Crippen LogP contribution in [0, 0.1) is 5.92 Å². The van der Waals surface area contributed by atoms with Crippen LogP contribution in [0.4, 0.5) is 0 Å². The molecule has 0 spiro atoms. The molecule has 136 valence electrons. The van der Waals surface area contributed by atoms with Gasteiger partial charge in [0.1, 0.15) is 0 Å². The van der Waals surface area contributed by atoms with Crippen molar-refractivity contribution in [3.8, 4) is 0 Å². The van der Waals surface area contributed by atoms with Gasteiger partial charge in [-0.25, -0.2) is 0 Å². The van der Waals surface area contributed by atoms with Crippen molar-refractivity contribution in [3.05, 3.63) is 40.9 Å². The van der Waals surface area contributed by atoms with Crippen molar-refractivity contribution in [1.29, 1.82) is 0 Å². The number of nitrogens with zero attached hydrogens (tertiary/aromatic N) is 1. The molecule has 1 saturated heterocycles. The van der Waals surface area contributed by atoms with Crippen molar-refractivity contribution in [2.24, 2.45) is 5.92 Å². The van der Waals surface area contributed by atoms with Crippen molar-refractivity contribution in [2.75, 3.05) is 13.1 Å². The fourth-order valence-electron chi connectivity index (χ4n) is 3.03. The van der Waals surface area contributed by atoms with Crippen molar-refractivity contribution in [2.45, 2.75) is 45.6 Å². The van der Waals surface area contributed by atoms with Crippen molar-refractivity contribution >= 4 is 29.5 Å². The van der Waals surface area contributed by atoms with E-state index in [-0.39, 0.29) is 23.8 Å². The number of likely N-dealkylation sites (tertiary alicyclic amines) is 1. The molecule has 0 bridgehead atoms. The third kappa shape index (κ3) is 5.89. The van der Waals surface area contributed by atoms with Gasteiger partial charge in [0.15, 0.2) is 0 Å².